The Morgan fingerprint density at radius 1 is 1.17 bits per heavy atom. The third kappa shape index (κ3) is 4.34. The highest BCUT2D eigenvalue weighted by Crippen LogP contribution is 2.30. The molecule has 1 N–H and O–H groups in total. The Labute approximate surface area is 169 Å². The average molecular weight is 418 g/mol. The van der Waals surface area contributed by atoms with E-state index in [1.165, 1.54) is 30.3 Å². The molecule has 1 fully saturated rings. The molecule has 2 aliphatic rings. The molecule has 29 heavy (non-hydrogen) atoms. The van der Waals surface area contributed by atoms with E-state index in [1.807, 2.05) is 0 Å². The number of carbonyl (C=O) groups is 1. The fourth-order valence-electron chi connectivity index (χ4n) is 3.79. The van der Waals surface area contributed by atoms with Gasteiger partial charge in [0.25, 0.3) is 5.91 Å². The van der Waals surface area contributed by atoms with Crippen molar-refractivity contribution >= 4 is 21.6 Å². The van der Waals surface area contributed by atoms with Gasteiger partial charge in [-0.05, 0) is 73.7 Å². The Kier molecular flexibility index (Phi) is 5.67. The summed E-state index contributed by atoms with van der Waals surface area (Å²) in [7, 11) is -3.65. The summed E-state index contributed by atoms with van der Waals surface area (Å²) in [6.07, 6.45) is 3.15. The van der Waals surface area contributed by atoms with Crippen LogP contribution in [0.4, 0.5) is 10.1 Å². The number of hydrogen-bond acceptors (Lipinski definition) is 4. The van der Waals surface area contributed by atoms with Crippen LogP contribution in [0.2, 0.25) is 0 Å². The molecule has 1 atom stereocenters. The molecule has 1 unspecified atom stereocenters. The molecule has 0 bridgehead atoms. The van der Waals surface area contributed by atoms with Gasteiger partial charge in [0.1, 0.15) is 5.82 Å². The van der Waals surface area contributed by atoms with E-state index >= 15 is 0 Å². The van der Waals surface area contributed by atoms with E-state index in [0.29, 0.717) is 30.8 Å². The minimum Gasteiger partial charge on any atom is -0.377 e. The molecular formula is C21H23FN2O4S. The first-order valence-corrected chi connectivity index (χ1v) is 11.2. The van der Waals surface area contributed by atoms with Crippen LogP contribution < -0.4 is 9.62 Å². The van der Waals surface area contributed by atoms with E-state index in [9.17, 15) is 17.6 Å². The quantitative estimate of drug-likeness (QED) is 0.810. The molecule has 2 aromatic carbocycles. The first-order valence-electron chi connectivity index (χ1n) is 9.76. The largest absolute Gasteiger partial charge is 0.377 e. The van der Waals surface area contributed by atoms with Gasteiger partial charge in [-0.2, -0.15) is 0 Å². The molecule has 2 heterocycles. The summed E-state index contributed by atoms with van der Waals surface area (Å²) < 4.78 is 46.6. The Balaban J connectivity index is 1.54. The molecule has 154 valence electrons. The third-order valence-electron chi connectivity index (χ3n) is 5.34. The Hall–Kier alpha value is -2.29. The van der Waals surface area contributed by atoms with Crippen molar-refractivity contribution in [3.63, 3.8) is 0 Å². The number of rotatable bonds is 5. The molecule has 4 rings (SSSR count). The van der Waals surface area contributed by atoms with E-state index in [-0.39, 0.29) is 23.5 Å². The van der Waals surface area contributed by atoms with Crippen LogP contribution in [0, 0.1) is 5.82 Å². The van der Waals surface area contributed by atoms with Gasteiger partial charge in [-0.15, -0.1) is 0 Å². The summed E-state index contributed by atoms with van der Waals surface area (Å²) in [5.41, 5.74) is 1.91. The van der Waals surface area contributed by atoms with E-state index in [1.54, 1.807) is 17.0 Å². The topological polar surface area (TPSA) is 75.7 Å². The minimum atomic E-state index is -3.65. The molecule has 0 spiro atoms. The van der Waals surface area contributed by atoms with Crippen molar-refractivity contribution in [2.24, 2.45) is 0 Å². The second-order valence-electron chi connectivity index (χ2n) is 7.34. The van der Waals surface area contributed by atoms with Crippen molar-refractivity contribution in [3.05, 3.63) is 59.4 Å². The average Bonchev–Trinajstić information content (AvgIpc) is 3.25. The van der Waals surface area contributed by atoms with Gasteiger partial charge in [0.2, 0.25) is 10.0 Å². The number of nitrogens with one attached hydrogen (secondary N) is 1. The maximum Gasteiger partial charge on any atom is 0.258 e. The maximum atomic E-state index is 13.2. The van der Waals surface area contributed by atoms with Crippen LogP contribution in [0.1, 0.15) is 35.2 Å². The number of nitrogens with zero attached hydrogens (tertiary/aromatic N) is 1. The summed E-state index contributed by atoms with van der Waals surface area (Å²) in [5.74, 6) is -0.621. The van der Waals surface area contributed by atoms with E-state index < -0.39 is 15.8 Å². The number of amides is 1. The van der Waals surface area contributed by atoms with Gasteiger partial charge in [0.05, 0.1) is 11.0 Å². The molecule has 0 saturated carbocycles. The summed E-state index contributed by atoms with van der Waals surface area (Å²) in [4.78, 5) is 14.7. The predicted molar refractivity (Wildman–Crippen MR) is 107 cm³/mol. The van der Waals surface area contributed by atoms with Crippen molar-refractivity contribution in [1.29, 1.82) is 0 Å². The first kappa shape index (κ1) is 20.0. The van der Waals surface area contributed by atoms with Crippen LogP contribution in [0.5, 0.6) is 0 Å². The number of anilines is 1. The first-order chi connectivity index (χ1) is 13.9. The zero-order chi connectivity index (χ0) is 20.4. The maximum absolute atomic E-state index is 13.2. The van der Waals surface area contributed by atoms with Crippen LogP contribution >= 0.6 is 0 Å². The number of sulfonamides is 1. The number of hydrogen-bond donors (Lipinski definition) is 1. The highest BCUT2D eigenvalue weighted by molar-refractivity contribution is 7.89. The lowest BCUT2D eigenvalue weighted by molar-refractivity contribution is 0.0985. The van der Waals surface area contributed by atoms with Crippen LogP contribution in [0.3, 0.4) is 0 Å². The Morgan fingerprint density at radius 2 is 1.97 bits per heavy atom. The highest BCUT2D eigenvalue weighted by Gasteiger charge is 2.26. The predicted octanol–water partition coefficient (Wildman–Crippen LogP) is 2.88. The van der Waals surface area contributed by atoms with Crippen molar-refractivity contribution in [3.8, 4) is 0 Å². The van der Waals surface area contributed by atoms with E-state index in [2.05, 4.69) is 4.72 Å². The molecular weight excluding hydrogens is 395 g/mol. The summed E-state index contributed by atoms with van der Waals surface area (Å²) >= 11 is 0. The molecule has 0 aliphatic carbocycles. The van der Waals surface area contributed by atoms with Crippen LogP contribution in [-0.2, 0) is 21.2 Å². The fraction of sp³-hybridized carbons (Fsp3) is 0.381. The number of aryl methyl sites for hydroxylation is 1. The van der Waals surface area contributed by atoms with Gasteiger partial charge in [-0.25, -0.2) is 17.5 Å². The van der Waals surface area contributed by atoms with Gasteiger partial charge in [0.15, 0.2) is 0 Å². The summed E-state index contributed by atoms with van der Waals surface area (Å²) in [6, 6.07) is 10.3. The lowest BCUT2D eigenvalue weighted by Crippen LogP contribution is -2.36. The molecule has 0 radical (unpaired) electrons. The zero-order valence-corrected chi connectivity index (χ0v) is 16.8. The van der Waals surface area contributed by atoms with Gasteiger partial charge in [-0.1, -0.05) is 0 Å². The van der Waals surface area contributed by atoms with Crippen LogP contribution in [0.25, 0.3) is 0 Å². The van der Waals surface area contributed by atoms with E-state index in [0.717, 1.165) is 24.8 Å². The lowest BCUT2D eigenvalue weighted by Gasteiger charge is -2.30. The van der Waals surface area contributed by atoms with Gasteiger partial charge in [0, 0.05) is 30.9 Å². The fourth-order valence-corrected chi connectivity index (χ4v) is 4.91. The minimum absolute atomic E-state index is 0.0776. The van der Waals surface area contributed by atoms with Crippen molar-refractivity contribution in [2.75, 3.05) is 24.6 Å². The van der Waals surface area contributed by atoms with E-state index in [4.69, 9.17) is 4.74 Å². The Bertz CT molecular complexity index is 1000. The number of carbonyl (C=O) groups excluding carboxylic acids is 1. The van der Waals surface area contributed by atoms with Crippen LogP contribution in [0.15, 0.2) is 47.4 Å². The smallest absolute Gasteiger partial charge is 0.258 e. The molecule has 1 amide bonds. The molecule has 0 aromatic heterocycles. The summed E-state index contributed by atoms with van der Waals surface area (Å²) in [5, 5.41) is 0. The van der Waals surface area contributed by atoms with Gasteiger partial charge in [-0.3, -0.25) is 4.79 Å². The van der Waals surface area contributed by atoms with Crippen molar-refractivity contribution < 1.29 is 22.3 Å². The molecule has 8 heteroatoms. The molecule has 1 saturated heterocycles. The van der Waals surface area contributed by atoms with Crippen molar-refractivity contribution in [2.45, 2.75) is 36.7 Å². The molecule has 6 nitrogen and oxygen atoms in total. The number of ether oxygens (including phenoxy) is 1. The van der Waals surface area contributed by atoms with Crippen molar-refractivity contribution in [1.82, 2.24) is 4.72 Å². The lowest BCUT2D eigenvalue weighted by atomic mass is 10.0. The second-order valence-corrected chi connectivity index (χ2v) is 9.11. The monoisotopic (exact) mass is 418 g/mol. The highest BCUT2D eigenvalue weighted by atomic mass is 32.2. The number of halogens is 1. The molecule has 2 aliphatic heterocycles. The standard InChI is InChI=1S/C21H23FN2O4S/c22-17-7-5-15(6-8-17)21(25)24-11-1-3-16-13-19(9-10-20(16)24)29(26,27)23-14-18-4-2-12-28-18/h5-10,13,18,23H,1-4,11-12,14H2. The summed E-state index contributed by atoms with van der Waals surface area (Å²) in [6.45, 7) is 1.46. The zero-order valence-electron chi connectivity index (χ0n) is 15.9. The SMILES string of the molecule is O=C(c1ccc(F)cc1)N1CCCc2cc(S(=O)(=O)NCC3CCCO3)ccc21. The Morgan fingerprint density at radius 3 is 2.69 bits per heavy atom. The second kappa shape index (κ2) is 8.22. The third-order valence-corrected chi connectivity index (χ3v) is 6.76. The van der Waals surface area contributed by atoms with Gasteiger partial charge >= 0.3 is 0 Å². The van der Waals surface area contributed by atoms with Crippen LogP contribution in [-0.4, -0.2) is 40.1 Å². The number of benzene rings is 2. The number of fused-ring (bicyclic) bond motifs is 1. The molecule has 2 aromatic rings. The van der Waals surface area contributed by atoms with Gasteiger partial charge < -0.3 is 9.64 Å². The normalized spacial score (nSPS) is 19.2.